The molecule has 0 aliphatic carbocycles. The van der Waals surface area contributed by atoms with Crippen molar-refractivity contribution in [2.45, 2.75) is 39.3 Å². The summed E-state index contributed by atoms with van der Waals surface area (Å²) in [6.45, 7) is 11.0. The van der Waals surface area contributed by atoms with E-state index in [1.54, 1.807) is 4.68 Å². The van der Waals surface area contributed by atoms with E-state index in [0.29, 0.717) is 0 Å². The summed E-state index contributed by atoms with van der Waals surface area (Å²) in [5, 5.41) is 8.18. The highest BCUT2D eigenvalue weighted by Gasteiger charge is 2.22. The lowest BCUT2D eigenvalue weighted by Crippen LogP contribution is -2.46. The van der Waals surface area contributed by atoms with Gasteiger partial charge in [-0.3, -0.25) is 4.90 Å². The van der Waals surface area contributed by atoms with Crippen molar-refractivity contribution in [1.82, 2.24) is 29.9 Å². The van der Waals surface area contributed by atoms with E-state index < -0.39 is 6.67 Å². The molecule has 1 N–H and O–H groups in total. The second-order valence-electron chi connectivity index (χ2n) is 10.1. The van der Waals surface area contributed by atoms with Gasteiger partial charge in [-0.1, -0.05) is 50.3 Å². The number of piperazine rings is 1. The number of hydrogen-bond donors (Lipinski definition) is 1. The van der Waals surface area contributed by atoms with Gasteiger partial charge in [0.25, 0.3) is 0 Å². The number of nitrogens with one attached hydrogen (secondary N) is 1. The number of imidazole rings is 1. The van der Waals surface area contributed by atoms with Gasteiger partial charge in [-0.25, -0.2) is 14.1 Å². The van der Waals surface area contributed by atoms with Gasteiger partial charge in [0.15, 0.2) is 0 Å². The number of alkyl halides is 1. The first-order valence-electron chi connectivity index (χ1n) is 12.0. The van der Waals surface area contributed by atoms with Crippen LogP contribution in [-0.2, 0) is 18.5 Å². The highest BCUT2D eigenvalue weighted by Crippen LogP contribution is 2.33. The minimum atomic E-state index is -0.427. The molecule has 184 valence electrons. The third kappa shape index (κ3) is 5.20. The average Bonchev–Trinajstić information content (AvgIpc) is 3.48. The maximum absolute atomic E-state index is 12.5. The molecule has 1 aliphatic heterocycles. The van der Waals surface area contributed by atoms with Crippen molar-refractivity contribution in [2.24, 2.45) is 0 Å². The molecule has 0 amide bonds. The van der Waals surface area contributed by atoms with Crippen LogP contribution in [0.25, 0.3) is 22.4 Å². The van der Waals surface area contributed by atoms with Gasteiger partial charge < -0.3 is 9.88 Å². The molecule has 4 aromatic rings. The van der Waals surface area contributed by atoms with Crippen LogP contribution in [0.2, 0.25) is 0 Å². The lowest BCUT2D eigenvalue weighted by molar-refractivity contribution is 0.247. The summed E-state index contributed by atoms with van der Waals surface area (Å²) < 4.78 is 15.2. The van der Waals surface area contributed by atoms with E-state index >= 15 is 0 Å². The molecule has 1 saturated heterocycles. The number of aryl methyl sites for hydroxylation is 1. The molecule has 35 heavy (non-hydrogen) atoms. The van der Waals surface area contributed by atoms with Gasteiger partial charge in [0, 0.05) is 48.1 Å². The molecule has 9 heteroatoms. The van der Waals surface area contributed by atoms with Crippen LogP contribution < -0.4 is 4.90 Å². The molecule has 0 spiro atoms. The minimum Gasteiger partial charge on any atom is -0.367 e. The number of fused-ring (bicyclic) bond motifs is 1. The fourth-order valence-electron chi connectivity index (χ4n) is 4.56. The lowest BCUT2D eigenvalue weighted by atomic mass is 9.87. The van der Waals surface area contributed by atoms with Crippen LogP contribution in [-0.4, -0.2) is 62.7 Å². The van der Waals surface area contributed by atoms with Crippen molar-refractivity contribution in [2.75, 3.05) is 37.8 Å². The second-order valence-corrected chi connectivity index (χ2v) is 11.3. The van der Waals surface area contributed by atoms with Crippen LogP contribution in [0.15, 0.2) is 42.6 Å². The average molecular weight is 587 g/mol. The monoisotopic (exact) mass is 587 g/mol. The van der Waals surface area contributed by atoms with Crippen molar-refractivity contribution in [3.63, 3.8) is 0 Å². The Hall–Kier alpha value is -2.53. The third-order valence-corrected chi connectivity index (χ3v) is 7.47. The van der Waals surface area contributed by atoms with E-state index in [-0.39, 0.29) is 12.0 Å². The number of rotatable bonds is 6. The van der Waals surface area contributed by atoms with Gasteiger partial charge in [-0.2, -0.15) is 0 Å². The van der Waals surface area contributed by atoms with Gasteiger partial charge in [0.05, 0.1) is 23.4 Å². The van der Waals surface area contributed by atoms with Gasteiger partial charge in [0.1, 0.15) is 18.0 Å². The Morgan fingerprint density at radius 1 is 1.03 bits per heavy atom. The van der Waals surface area contributed by atoms with Crippen LogP contribution in [0.1, 0.15) is 32.0 Å². The highest BCUT2D eigenvalue weighted by molar-refractivity contribution is 14.1. The number of hydrogen-bond acceptors (Lipinski definition) is 5. The Kier molecular flexibility index (Phi) is 6.80. The maximum atomic E-state index is 12.5. The number of benzene rings is 2. The number of halogens is 2. The molecule has 0 saturated carbocycles. The predicted molar refractivity (Wildman–Crippen MR) is 146 cm³/mol. The molecule has 2 aromatic heterocycles. The number of aromatic amines is 1. The summed E-state index contributed by atoms with van der Waals surface area (Å²) in [5.74, 6) is 0.904. The molecule has 7 nitrogen and oxygen atoms in total. The summed E-state index contributed by atoms with van der Waals surface area (Å²) in [5.41, 5.74) is 6.73. The van der Waals surface area contributed by atoms with Crippen molar-refractivity contribution in [3.05, 3.63) is 57.4 Å². The van der Waals surface area contributed by atoms with Crippen LogP contribution in [0, 0.1) is 3.57 Å². The first-order valence-corrected chi connectivity index (χ1v) is 13.1. The number of aromatic nitrogens is 5. The molecular formula is C26H31FIN7. The zero-order chi connectivity index (χ0) is 24.6. The van der Waals surface area contributed by atoms with E-state index in [1.807, 2.05) is 6.20 Å². The first-order chi connectivity index (χ1) is 16.8. The van der Waals surface area contributed by atoms with Gasteiger partial charge in [0.2, 0.25) is 0 Å². The maximum Gasteiger partial charge on any atom is 0.138 e. The molecular weight excluding hydrogens is 556 g/mol. The normalized spacial score (nSPS) is 15.3. The van der Waals surface area contributed by atoms with E-state index in [1.165, 1.54) is 11.3 Å². The van der Waals surface area contributed by atoms with Crippen molar-refractivity contribution < 1.29 is 4.39 Å². The number of nitrogens with zero attached hydrogens (tertiary/aromatic N) is 6. The van der Waals surface area contributed by atoms with Gasteiger partial charge >= 0.3 is 0 Å². The van der Waals surface area contributed by atoms with E-state index in [0.717, 1.165) is 64.4 Å². The van der Waals surface area contributed by atoms with Crippen LogP contribution in [0.3, 0.4) is 0 Å². The van der Waals surface area contributed by atoms with E-state index in [4.69, 9.17) is 4.98 Å². The fraction of sp³-hybridized carbons (Fsp3) is 0.423. The minimum absolute atomic E-state index is 0.127. The summed E-state index contributed by atoms with van der Waals surface area (Å²) in [7, 11) is 0. The lowest BCUT2D eigenvalue weighted by Gasteiger charge is -2.35. The summed E-state index contributed by atoms with van der Waals surface area (Å²) in [6, 6.07) is 13.1. The molecule has 0 bridgehead atoms. The van der Waals surface area contributed by atoms with E-state index in [2.05, 4.69) is 105 Å². The predicted octanol–water partition coefficient (Wildman–Crippen LogP) is 5.02. The molecule has 1 aliphatic rings. The Morgan fingerprint density at radius 2 is 1.77 bits per heavy atom. The Morgan fingerprint density at radius 3 is 2.46 bits per heavy atom. The zero-order valence-electron chi connectivity index (χ0n) is 20.4. The van der Waals surface area contributed by atoms with E-state index in [9.17, 15) is 4.39 Å². The van der Waals surface area contributed by atoms with Crippen molar-refractivity contribution in [3.8, 4) is 11.4 Å². The van der Waals surface area contributed by atoms with Crippen LogP contribution >= 0.6 is 22.6 Å². The number of anilines is 1. The summed E-state index contributed by atoms with van der Waals surface area (Å²) in [4.78, 5) is 13.4. The molecule has 2 aromatic carbocycles. The van der Waals surface area contributed by atoms with Crippen molar-refractivity contribution >= 4 is 39.3 Å². The Balaban J connectivity index is 1.33. The van der Waals surface area contributed by atoms with Gasteiger partial charge in [-0.05, 0) is 45.7 Å². The Bertz CT molecular complexity index is 1300. The first kappa shape index (κ1) is 24.2. The van der Waals surface area contributed by atoms with Crippen LogP contribution in [0.4, 0.5) is 10.1 Å². The standard InChI is InChI=1S/C26H31FIN7/c1-26(2,3)19-6-4-18(5-7-19)25-29-23-21(28)8-9-22(24(23)30-25)34-14-12-33(13-15-34)16-20-17-35(11-10-27)32-31-20/h4-9,17H,10-16H2,1-3H3,(H,29,30). The largest absolute Gasteiger partial charge is 0.367 e. The van der Waals surface area contributed by atoms with Gasteiger partial charge in [-0.15, -0.1) is 5.10 Å². The molecule has 0 unspecified atom stereocenters. The summed E-state index contributed by atoms with van der Waals surface area (Å²) in [6.07, 6.45) is 1.84. The fourth-order valence-corrected chi connectivity index (χ4v) is 5.13. The molecule has 5 rings (SSSR count). The quantitative estimate of drug-likeness (QED) is 0.322. The second kappa shape index (κ2) is 9.85. The molecule has 1 fully saturated rings. The SMILES string of the molecule is CC(C)(C)c1ccc(-c2nc3c(I)ccc(N4CCN(Cc5cn(CCF)nn5)CC4)c3[nH]2)cc1. The smallest absolute Gasteiger partial charge is 0.138 e. The van der Waals surface area contributed by atoms with Crippen molar-refractivity contribution in [1.29, 1.82) is 0 Å². The molecule has 0 atom stereocenters. The third-order valence-electron chi connectivity index (χ3n) is 6.60. The highest BCUT2D eigenvalue weighted by atomic mass is 127. The Labute approximate surface area is 218 Å². The van der Waals surface area contributed by atoms with Crippen LogP contribution in [0.5, 0.6) is 0 Å². The zero-order valence-corrected chi connectivity index (χ0v) is 22.6. The number of H-pyrrole nitrogens is 1. The molecule has 0 radical (unpaired) electrons. The topological polar surface area (TPSA) is 65.9 Å². The summed E-state index contributed by atoms with van der Waals surface area (Å²) >= 11 is 2.37. The molecule has 3 heterocycles.